The highest BCUT2D eigenvalue weighted by atomic mass is 35.5. The number of amides is 1. The van der Waals surface area contributed by atoms with Crippen molar-refractivity contribution < 1.29 is 14.7 Å². The summed E-state index contributed by atoms with van der Waals surface area (Å²) in [7, 11) is 0. The smallest absolute Gasteiger partial charge is 0.335 e. The van der Waals surface area contributed by atoms with Gasteiger partial charge < -0.3 is 15.0 Å². The molecule has 2 N–H and O–H groups in total. The monoisotopic (exact) mass is 493 g/mol. The highest BCUT2D eigenvalue weighted by Crippen LogP contribution is 2.37. The second-order valence-electron chi connectivity index (χ2n) is 8.44. The molecule has 0 atom stereocenters. The van der Waals surface area contributed by atoms with Crippen LogP contribution >= 0.6 is 23.2 Å². The van der Waals surface area contributed by atoms with Crippen LogP contribution in [0.4, 0.5) is 5.69 Å². The summed E-state index contributed by atoms with van der Waals surface area (Å²) in [5.74, 6) is -0.486. The Morgan fingerprint density at radius 3 is 2.24 bits per heavy atom. The van der Waals surface area contributed by atoms with Crippen molar-refractivity contribution in [3.05, 3.63) is 81.8 Å². The third-order valence-electron chi connectivity index (χ3n) is 6.15. The van der Waals surface area contributed by atoms with E-state index in [2.05, 4.69) is 9.88 Å². The van der Waals surface area contributed by atoms with E-state index < -0.39 is 5.97 Å². The number of hydrogen-bond acceptors (Lipinski definition) is 3. The summed E-state index contributed by atoms with van der Waals surface area (Å²) in [5.41, 5.74) is 3.71. The fraction of sp³-hybridized carbons (Fsp3) is 0.192. The molecule has 0 bridgehead atoms. The van der Waals surface area contributed by atoms with Crippen molar-refractivity contribution in [2.24, 2.45) is 0 Å². The molecule has 0 aliphatic heterocycles. The Balaban J connectivity index is 1.48. The van der Waals surface area contributed by atoms with Crippen LogP contribution in [0.2, 0.25) is 10.0 Å². The zero-order chi connectivity index (χ0) is 23.8. The summed E-state index contributed by atoms with van der Waals surface area (Å²) in [6.07, 6.45) is 4.45. The first kappa shape index (κ1) is 22.4. The Kier molecular flexibility index (Phi) is 6.02. The van der Waals surface area contributed by atoms with Crippen LogP contribution < -0.4 is 5.32 Å². The Morgan fingerprint density at radius 1 is 0.912 bits per heavy atom. The molecule has 1 aromatic heterocycles. The molecule has 0 saturated heterocycles. The molecule has 34 heavy (non-hydrogen) atoms. The molecular formula is C26H21Cl2N3O3. The average Bonchev–Trinajstić information content (AvgIpc) is 3.46. The predicted molar refractivity (Wildman–Crippen MR) is 134 cm³/mol. The molecule has 1 fully saturated rings. The summed E-state index contributed by atoms with van der Waals surface area (Å²) in [4.78, 5) is 28.9. The standard InChI is InChI=1S/C26H21Cl2N3O3/c27-18-11-17(12-19(28)14-18)25(32)29-20-8-5-15(6-9-20)24-30-22-13-16(26(33)34)7-10-23(22)31(24)21-3-1-2-4-21/h5-14,21H,1-4H2,(H,29,32)(H,33,34). The number of halogens is 2. The highest BCUT2D eigenvalue weighted by molar-refractivity contribution is 6.35. The van der Waals surface area contributed by atoms with Crippen molar-refractivity contribution in [1.82, 2.24) is 9.55 Å². The SMILES string of the molecule is O=C(O)c1ccc2c(c1)nc(-c1ccc(NC(=O)c3cc(Cl)cc(Cl)c3)cc1)n2C1CCCC1. The first-order valence-electron chi connectivity index (χ1n) is 11.0. The maximum atomic E-state index is 12.6. The minimum Gasteiger partial charge on any atom is -0.478 e. The van der Waals surface area contributed by atoms with Crippen LogP contribution in [0.3, 0.4) is 0 Å². The van der Waals surface area contributed by atoms with E-state index in [1.54, 1.807) is 30.3 Å². The number of nitrogens with zero attached hydrogens (tertiary/aromatic N) is 2. The number of carbonyl (C=O) groups is 2. The van der Waals surface area contributed by atoms with Gasteiger partial charge in [-0.1, -0.05) is 36.0 Å². The second kappa shape index (κ2) is 9.12. The van der Waals surface area contributed by atoms with Gasteiger partial charge in [-0.2, -0.15) is 0 Å². The number of hydrogen-bond donors (Lipinski definition) is 2. The van der Waals surface area contributed by atoms with Gasteiger partial charge >= 0.3 is 5.97 Å². The Hall–Kier alpha value is -3.35. The van der Waals surface area contributed by atoms with Crippen LogP contribution in [0.1, 0.15) is 52.4 Å². The molecular weight excluding hydrogens is 473 g/mol. The van der Waals surface area contributed by atoms with Crippen molar-refractivity contribution in [1.29, 1.82) is 0 Å². The van der Waals surface area contributed by atoms with Crippen molar-refractivity contribution in [3.8, 4) is 11.4 Å². The average molecular weight is 494 g/mol. The number of anilines is 1. The zero-order valence-corrected chi connectivity index (χ0v) is 19.6. The lowest BCUT2D eigenvalue weighted by atomic mass is 10.1. The number of aromatic carboxylic acids is 1. The van der Waals surface area contributed by atoms with Gasteiger partial charge in [0.1, 0.15) is 5.82 Å². The second-order valence-corrected chi connectivity index (χ2v) is 9.31. The predicted octanol–water partition coefficient (Wildman–Crippen LogP) is 7.08. The van der Waals surface area contributed by atoms with Crippen LogP contribution in [0.15, 0.2) is 60.7 Å². The normalized spacial score (nSPS) is 13.9. The number of aromatic nitrogens is 2. The summed E-state index contributed by atoms with van der Waals surface area (Å²) in [6, 6.07) is 17.6. The molecule has 1 aliphatic carbocycles. The van der Waals surface area contributed by atoms with E-state index >= 15 is 0 Å². The van der Waals surface area contributed by atoms with Gasteiger partial charge in [0, 0.05) is 32.9 Å². The van der Waals surface area contributed by atoms with Crippen molar-refractivity contribution in [3.63, 3.8) is 0 Å². The van der Waals surface area contributed by atoms with Gasteiger partial charge in [0.15, 0.2) is 0 Å². The van der Waals surface area contributed by atoms with Crippen molar-refractivity contribution >= 4 is 51.8 Å². The number of rotatable bonds is 5. The zero-order valence-electron chi connectivity index (χ0n) is 18.1. The van der Waals surface area contributed by atoms with Crippen molar-refractivity contribution in [2.75, 3.05) is 5.32 Å². The van der Waals surface area contributed by atoms with Crippen LogP contribution in [-0.4, -0.2) is 26.5 Å². The molecule has 172 valence electrons. The van der Waals surface area contributed by atoms with Gasteiger partial charge in [-0.25, -0.2) is 9.78 Å². The first-order valence-corrected chi connectivity index (χ1v) is 11.8. The Morgan fingerprint density at radius 2 is 1.59 bits per heavy atom. The van der Waals surface area contributed by atoms with Gasteiger partial charge in [0.25, 0.3) is 5.91 Å². The van der Waals surface area contributed by atoms with Gasteiger partial charge in [-0.15, -0.1) is 0 Å². The maximum absolute atomic E-state index is 12.6. The molecule has 6 nitrogen and oxygen atoms in total. The first-order chi connectivity index (χ1) is 16.4. The topological polar surface area (TPSA) is 84.2 Å². The number of carbonyl (C=O) groups excluding carboxylic acids is 1. The summed E-state index contributed by atoms with van der Waals surface area (Å²) in [5, 5.41) is 13.0. The summed E-state index contributed by atoms with van der Waals surface area (Å²) in [6.45, 7) is 0. The molecule has 1 saturated carbocycles. The van der Waals surface area contributed by atoms with Gasteiger partial charge in [-0.05, 0) is 73.5 Å². The molecule has 0 spiro atoms. The van der Waals surface area contributed by atoms with Gasteiger partial charge in [-0.3, -0.25) is 4.79 Å². The van der Waals surface area contributed by atoms with E-state index in [0.29, 0.717) is 32.9 Å². The lowest BCUT2D eigenvalue weighted by Gasteiger charge is -2.17. The number of benzene rings is 3. The van der Waals surface area contributed by atoms with Gasteiger partial charge in [0.05, 0.1) is 16.6 Å². The minimum atomic E-state index is -0.972. The fourth-order valence-corrected chi connectivity index (χ4v) is 5.08. The van der Waals surface area contributed by atoms with E-state index in [1.807, 2.05) is 30.3 Å². The fourth-order valence-electron chi connectivity index (χ4n) is 4.56. The summed E-state index contributed by atoms with van der Waals surface area (Å²) >= 11 is 12.0. The third-order valence-corrected chi connectivity index (χ3v) is 6.59. The van der Waals surface area contributed by atoms with E-state index in [-0.39, 0.29) is 11.5 Å². The van der Waals surface area contributed by atoms with Crippen LogP contribution in [0, 0.1) is 0 Å². The third kappa shape index (κ3) is 4.39. The highest BCUT2D eigenvalue weighted by Gasteiger charge is 2.24. The minimum absolute atomic E-state index is 0.217. The number of carboxylic acids is 1. The molecule has 8 heteroatoms. The molecule has 3 aromatic carbocycles. The number of nitrogens with one attached hydrogen (secondary N) is 1. The summed E-state index contributed by atoms with van der Waals surface area (Å²) < 4.78 is 2.23. The Labute approximate surface area is 206 Å². The largest absolute Gasteiger partial charge is 0.478 e. The van der Waals surface area contributed by atoms with Crippen LogP contribution in [0.25, 0.3) is 22.4 Å². The maximum Gasteiger partial charge on any atom is 0.335 e. The quantitative estimate of drug-likeness (QED) is 0.311. The van der Waals surface area contributed by atoms with E-state index in [9.17, 15) is 14.7 Å². The van der Waals surface area contributed by atoms with Crippen LogP contribution in [-0.2, 0) is 0 Å². The lowest BCUT2D eigenvalue weighted by Crippen LogP contribution is -2.12. The van der Waals surface area contributed by atoms with Crippen LogP contribution in [0.5, 0.6) is 0 Å². The molecule has 1 aliphatic rings. The lowest BCUT2D eigenvalue weighted by molar-refractivity contribution is 0.0696. The molecule has 5 rings (SSSR count). The van der Waals surface area contributed by atoms with E-state index in [1.165, 1.54) is 0 Å². The Bertz CT molecular complexity index is 1390. The molecule has 4 aromatic rings. The van der Waals surface area contributed by atoms with Crippen molar-refractivity contribution in [2.45, 2.75) is 31.7 Å². The number of carboxylic acid groups (broad SMARTS) is 1. The van der Waals surface area contributed by atoms with Gasteiger partial charge in [0.2, 0.25) is 0 Å². The number of imidazole rings is 1. The molecule has 1 heterocycles. The van der Waals surface area contributed by atoms with E-state index in [0.717, 1.165) is 42.6 Å². The number of fused-ring (bicyclic) bond motifs is 1. The molecule has 1 amide bonds. The molecule has 0 unspecified atom stereocenters. The van der Waals surface area contributed by atoms with E-state index in [4.69, 9.17) is 28.2 Å². The molecule has 0 radical (unpaired) electrons.